The first kappa shape index (κ1) is 25.6. The average Bonchev–Trinajstić information content (AvgIpc) is 3.05. The second kappa shape index (κ2) is 10.7. The maximum atomic E-state index is 14.1. The van der Waals surface area contributed by atoms with Crippen LogP contribution in [-0.2, 0) is 16.1 Å². The van der Waals surface area contributed by atoms with E-state index < -0.39 is 46.7 Å². The molecule has 2 aliphatic heterocycles. The Morgan fingerprint density at radius 2 is 2.06 bits per heavy atom. The highest BCUT2D eigenvalue weighted by Crippen LogP contribution is 2.32. The summed E-state index contributed by atoms with van der Waals surface area (Å²) in [6.07, 6.45) is 3.78. The first-order valence-corrected chi connectivity index (χ1v) is 11.9. The number of rotatable bonds is 1. The summed E-state index contributed by atoms with van der Waals surface area (Å²) in [6.45, 7) is 2.04. The van der Waals surface area contributed by atoms with E-state index in [0.29, 0.717) is 18.4 Å². The molecule has 4 rings (SSSR count). The molecule has 0 saturated heterocycles. The lowest BCUT2D eigenvalue weighted by molar-refractivity contribution is -0.128. The molecule has 0 aliphatic carbocycles. The minimum absolute atomic E-state index is 0.0445. The molecule has 0 spiro atoms. The van der Waals surface area contributed by atoms with Gasteiger partial charge in [-0.05, 0) is 25.0 Å². The van der Waals surface area contributed by atoms with Crippen molar-refractivity contribution in [3.63, 3.8) is 0 Å². The lowest BCUT2D eigenvalue weighted by atomic mass is 10.1. The number of carbonyl (C=O) groups excluding carboxylic acids is 2. The van der Waals surface area contributed by atoms with E-state index in [1.807, 2.05) is 6.92 Å². The Morgan fingerprint density at radius 3 is 2.81 bits per heavy atom. The number of nitrogens with zero attached hydrogens (tertiary/aromatic N) is 3. The molecule has 10 nitrogen and oxygen atoms in total. The molecular weight excluding hydrogens is 495 g/mol. The van der Waals surface area contributed by atoms with Crippen molar-refractivity contribution in [1.29, 1.82) is 0 Å². The van der Waals surface area contributed by atoms with Gasteiger partial charge in [-0.2, -0.15) is 0 Å². The number of halogens is 2. The zero-order chi connectivity index (χ0) is 26.0. The average molecular weight is 521 g/mol. The van der Waals surface area contributed by atoms with Crippen LogP contribution < -0.4 is 15.6 Å². The number of ether oxygens (including phenoxy) is 2. The standard InChI is InChI=1S/C24H26ClFN4O6/c1-3-14-11-35-12-16-22-28-19(20(32)24(34)30(14)22)23(33)27-10-13-7-8-15(26)18(25)21(13)36-9-5-4-6-17(31)29(16)2/h4,6-8,14,16,32H,3,5,9-12H2,1-2H3,(H,27,33)/b6-4+/t14-,16?/m0/s1. The maximum absolute atomic E-state index is 14.1. The summed E-state index contributed by atoms with van der Waals surface area (Å²) in [4.78, 5) is 44.9. The molecule has 2 N–H and O–H groups in total. The van der Waals surface area contributed by atoms with Crippen LogP contribution in [0.4, 0.5) is 4.39 Å². The normalized spacial score (nSPS) is 21.7. The van der Waals surface area contributed by atoms with Gasteiger partial charge in [0.05, 0.1) is 25.9 Å². The minimum atomic E-state index is -0.836. The van der Waals surface area contributed by atoms with Gasteiger partial charge in [0.2, 0.25) is 11.7 Å². The highest BCUT2D eigenvalue weighted by atomic mass is 35.5. The molecule has 12 heteroatoms. The van der Waals surface area contributed by atoms with E-state index in [9.17, 15) is 23.9 Å². The molecule has 1 unspecified atom stereocenters. The Morgan fingerprint density at radius 1 is 1.28 bits per heavy atom. The molecule has 1 aromatic carbocycles. The van der Waals surface area contributed by atoms with Gasteiger partial charge in [-0.3, -0.25) is 19.0 Å². The van der Waals surface area contributed by atoms with Crippen LogP contribution in [0.3, 0.4) is 0 Å². The van der Waals surface area contributed by atoms with E-state index >= 15 is 0 Å². The highest BCUT2D eigenvalue weighted by Gasteiger charge is 2.34. The number of carbonyl (C=O) groups is 2. The molecule has 2 aliphatic rings. The van der Waals surface area contributed by atoms with Crippen molar-refractivity contribution >= 4 is 23.4 Å². The largest absolute Gasteiger partial charge is 0.501 e. The maximum Gasteiger partial charge on any atom is 0.296 e. The third-order valence-electron chi connectivity index (χ3n) is 6.23. The van der Waals surface area contributed by atoms with Gasteiger partial charge in [0, 0.05) is 19.2 Å². The molecule has 2 amide bonds. The van der Waals surface area contributed by atoms with Gasteiger partial charge < -0.3 is 24.8 Å². The van der Waals surface area contributed by atoms with Crippen LogP contribution in [0.5, 0.6) is 11.5 Å². The summed E-state index contributed by atoms with van der Waals surface area (Å²) < 4.78 is 26.8. The molecule has 192 valence electrons. The molecule has 3 heterocycles. The molecule has 0 saturated carbocycles. The fourth-order valence-corrected chi connectivity index (χ4v) is 4.39. The molecule has 2 atom stereocenters. The number of aromatic hydroxyl groups is 1. The van der Waals surface area contributed by atoms with Gasteiger partial charge in [0.15, 0.2) is 5.69 Å². The van der Waals surface area contributed by atoms with Crippen LogP contribution in [0.15, 0.2) is 29.1 Å². The Bertz CT molecular complexity index is 1280. The smallest absolute Gasteiger partial charge is 0.296 e. The van der Waals surface area contributed by atoms with Crippen LogP contribution in [0.25, 0.3) is 0 Å². The molecular formula is C24H26ClFN4O6. The Kier molecular flexibility index (Phi) is 7.60. The number of benzene rings is 1. The van der Waals surface area contributed by atoms with Crippen LogP contribution >= 0.6 is 11.6 Å². The number of likely N-dealkylation sites (N-methyl/N-ethyl adjacent to an activating group) is 1. The van der Waals surface area contributed by atoms with Gasteiger partial charge in [0.1, 0.15) is 28.5 Å². The lowest BCUT2D eigenvalue weighted by Gasteiger charge is -2.27. The molecule has 1 aromatic heterocycles. The van der Waals surface area contributed by atoms with Crippen LogP contribution in [0.2, 0.25) is 5.02 Å². The summed E-state index contributed by atoms with van der Waals surface area (Å²) in [7, 11) is 1.54. The molecule has 0 radical (unpaired) electrons. The van der Waals surface area contributed by atoms with Crippen molar-refractivity contribution in [1.82, 2.24) is 19.8 Å². The third kappa shape index (κ3) is 4.80. The number of amides is 2. The van der Waals surface area contributed by atoms with Crippen molar-refractivity contribution in [3.8, 4) is 11.5 Å². The zero-order valence-corrected chi connectivity index (χ0v) is 20.5. The van der Waals surface area contributed by atoms with Gasteiger partial charge in [-0.15, -0.1) is 0 Å². The fourth-order valence-electron chi connectivity index (χ4n) is 4.15. The molecule has 36 heavy (non-hydrogen) atoms. The van der Waals surface area contributed by atoms with Crippen LogP contribution in [0, 0.1) is 5.82 Å². The quantitative estimate of drug-likeness (QED) is 0.592. The monoisotopic (exact) mass is 520 g/mol. The van der Waals surface area contributed by atoms with Crippen molar-refractivity contribution in [2.45, 2.75) is 38.4 Å². The molecule has 2 aromatic rings. The van der Waals surface area contributed by atoms with E-state index in [1.54, 1.807) is 6.08 Å². The fraction of sp³-hybridized carbons (Fsp3) is 0.417. The number of nitrogens with one attached hydrogen (secondary N) is 1. The Hall–Kier alpha value is -3.44. The SMILES string of the molecule is CC[C@H]1COCC2c3nc(c(O)c(=O)n31)C(=O)NCc1ccc(F)c(Cl)c1OCC/C=C/C(=O)N2C. The van der Waals surface area contributed by atoms with E-state index in [4.69, 9.17) is 21.1 Å². The van der Waals surface area contributed by atoms with Gasteiger partial charge >= 0.3 is 0 Å². The first-order valence-electron chi connectivity index (χ1n) is 11.5. The predicted molar refractivity (Wildman–Crippen MR) is 128 cm³/mol. The second-order valence-electron chi connectivity index (χ2n) is 8.48. The van der Waals surface area contributed by atoms with Gasteiger partial charge in [-0.1, -0.05) is 30.7 Å². The van der Waals surface area contributed by atoms with E-state index in [1.165, 1.54) is 28.7 Å². The molecule has 2 bridgehead atoms. The van der Waals surface area contributed by atoms with Crippen molar-refractivity contribution in [2.75, 3.05) is 26.9 Å². The van der Waals surface area contributed by atoms with Gasteiger partial charge in [-0.25, -0.2) is 9.37 Å². The second-order valence-corrected chi connectivity index (χ2v) is 8.86. The Balaban J connectivity index is 1.85. The Labute approximate surface area is 211 Å². The number of hydrogen-bond donors (Lipinski definition) is 2. The van der Waals surface area contributed by atoms with E-state index in [2.05, 4.69) is 10.3 Å². The minimum Gasteiger partial charge on any atom is -0.501 e. The summed E-state index contributed by atoms with van der Waals surface area (Å²) in [5.41, 5.74) is -0.920. The topological polar surface area (TPSA) is 123 Å². The first-order chi connectivity index (χ1) is 17.2. The highest BCUT2D eigenvalue weighted by molar-refractivity contribution is 6.32. The number of aromatic nitrogens is 2. The number of hydrogen-bond acceptors (Lipinski definition) is 7. The van der Waals surface area contributed by atoms with Gasteiger partial charge in [0.25, 0.3) is 11.5 Å². The van der Waals surface area contributed by atoms with Crippen molar-refractivity contribution in [3.05, 3.63) is 62.6 Å². The lowest BCUT2D eigenvalue weighted by Crippen LogP contribution is -2.39. The number of fused-ring (bicyclic) bond motifs is 2. The summed E-state index contributed by atoms with van der Waals surface area (Å²) in [6, 6.07) is 1.32. The molecule has 0 fully saturated rings. The zero-order valence-electron chi connectivity index (χ0n) is 19.8. The summed E-state index contributed by atoms with van der Waals surface area (Å²) in [5, 5.41) is 13.0. The predicted octanol–water partition coefficient (Wildman–Crippen LogP) is 2.49. The van der Waals surface area contributed by atoms with E-state index in [-0.39, 0.29) is 43.0 Å². The van der Waals surface area contributed by atoms with Crippen LogP contribution in [-0.4, -0.2) is 58.2 Å². The van der Waals surface area contributed by atoms with E-state index in [0.717, 1.165) is 6.07 Å². The third-order valence-corrected chi connectivity index (χ3v) is 6.58. The van der Waals surface area contributed by atoms with Crippen LogP contribution in [0.1, 0.15) is 53.7 Å². The van der Waals surface area contributed by atoms with Crippen molar-refractivity contribution < 1.29 is 28.6 Å². The van der Waals surface area contributed by atoms with Crippen molar-refractivity contribution in [2.24, 2.45) is 0 Å². The summed E-state index contributed by atoms with van der Waals surface area (Å²) in [5.74, 6) is -2.56. The summed E-state index contributed by atoms with van der Waals surface area (Å²) >= 11 is 6.09.